The van der Waals surface area contributed by atoms with E-state index in [9.17, 15) is 10.2 Å². The van der Waals surface area contributed by atoms with Crippen LogP contribution in [0.4, 0.5) is 0 Å². The Labute approximate surface area is 132 Å². The van der Waals surface area contributed by atoms with Crippen LogP contribution in [-0.2, 0) is 4.74 Å². The van der Waals surface area contributed by atoms with Gasteiger partial charge in [-0.05, 0) is 15.9 Å². The fraction of sp³-hybridized carbons (Fsp3) is 0.455. The molecule has 2 aromatic rings. The summed E-state index contributed by atoms with van der Waals surface area (Å²) in [5.74, 6) is 0.0881. The Hall–Kier alpha value is -0.440. The minimum Gasteiger partial charge on any atom is -0.387 e. The predicted molar refractivity (Wildman–Crippen MR) is 76.9 cm³/mol. The molecule has 0 aromatic carbocycles. The second kappa shape index (κ2) is 5.40. The lowest BCUT2D eigenvalue weighted by atomic mass is 10.1. The second-order valence-corrected chi connectivity index (χ2v) is 5.97. The zero-order valence-electron chi connectivity index (χ0n) is 9.95. The molecule has 1 aliphatic heterocycles. The molecule has 108 valence electrons. The molecule has 1 fully saturated rings. The number of hydrogen-bond donors (Lipinski definition) is 2. The van der Waals surface area contributed by atoms with Crippen LogP contribution in [0.3, 0.4) is 0 Å². The maximum atomic E-state index is 10.1. The van der Waals surface area contributed by atoms with Gasteiger partial charge >= 0.3 is 0 Å². The zero-order valence-corrected chi connectivity index (χ0v) is 13.0. The minimum atomic E-state index is -1.10. The molecular formula is C11H10BrCl2N3O3. The van der Waals surface area contributed by atoms with Crippen molar-refractivity contribution in [1.82, 2.24) is 14.5 Å². The third-order valence-electron chi connectivity index (χ3n) is 3.28. The molecule has 3 rings (SSSR count). The van der Waals surface area contributed by atoms with Gasteiger partial charge in [0, 0.05) is 10.7 Å². The van der Waals surface area contributed by atoms with Crippen molar-refractivity contribution in [2.24, 2.45) is 0 Å². The summed E-state index contributed by atoms with van der Waals surface area (Å²) >= 11 is 15.1. The Balaban J connectivity index is 2.10. The van der Waals surface area contributed by atoms with Crippen LogP contribution < -0.4 is 0 Å². The van der Waals surface area contributed by atoms with Gasteiger partial charge in [0.25, 0.3) is 0 Å². The Morgan fingerprint density at radius 2 is 2.10 bits per heavy atom. The van der Waals surface area contributed by atoms with Gasteiger partial charge in [0.2, 0.25) is 0 Å². The highest BCUT2D eigenvalue weighted by molar-refractivity contribution is 9.10. The second-order valence-electron chi connectivity index (χ2n) is 4.45. The number of rotatable bonds is 2. The average molecular weight is 383 g/mol. The Bertz CT molecular complexity index is 653. The van der Waals surface area contributed by atoms with Crippen LogP contribution in [0.5, 0.6) is 0 Å². The van der Waals surface area contributed by atoms with E-state index in [1.54, 1.807) is 10.8 Å². The summed E-state index contributed by atoms with van der Waals surface area (Å²) in [7, 11) is 0. The van der Waals surface area contributed by atoms with Gasteiger partial charge in [-0.15, -0.1) is 11.6 Å². The molecule has 0 aliphatic carbocycles. The number of aliphatic hydroxyl groups excluding tert-OH is 2. The zero-order chi connectivity index (χ0) is 14.4. The number of alkyl halides is 1. The molecule has 2 aromatic heterocycles. The first-order chi connectivity index (χ1) is 9.54. The molecule has 6 nitrogen and oxygen atoms in total. The summed E-state index contributed by atoms with van der Waals surface area (Å²) in [5, 5.41) is 20.9. The fourth-order valence-corrected chi connectivity index (χ4v) is 3.47. The van der Waals surface area contributed by atoms with Crippen molar-refractivity contribution >= 4 is 50.2 Å². The number of halogens is 3. The van der Waals surface area contributed by atoms with Gasteiger partial charge < -0.3 is 19.5 Å². The summed E-state index contributed by atoms with van der Waals surface area (Å²) < 4.78 is 7.87. The highest BCUT2D eigenvalue weighted by atomic mass is 79.9. The highest BCUT2D eigenvalue weighted by Crippen LogP contribution is 2.36. The molecule has 0 amide bonds. The van der Waals surface area contributed by atoms with Crippen LogP contribution in [0.15, 0.2) is 17.0 Å². The van der Waals surface area contributed by atoms with Crippen LogP contribution in [-0.4, -0.2) is 48.9 Å². The Morgan fingerprint density at radius 1 is 1.35 bits per heavy atom. The SMILES string of the molecule is O[C@@H]1[C@H](O)[C@H](n2cc(Br)c3c(Cl)ncnc32)O[C@@H]1CCl. The Kier molecular flexibility index (Phi) is 3.91. The number of hydrogen-bond acceptors (Lipinski definition) is 5. The van der Waals surface area contributed by atoms with E-state index in [2.05, 4.69) is 25.9 Å². The molecule has 0 saturated carbocycles. The number of aliphatic hydroxyl groups is 2. The quantitative estimate of drug-likeness (QED) is 0.610. The molecule has 4 atom stereocenters. The van der Waals surface area contributed by atoms with Gasteiger partial charge in [-0.25, -0.2) is 9.97 Å². The van der Waals surface area contributed by atoms with Crippen molar-refractivity contribution in [1.29, 1.82) is 0 Å². The van der Waals surface area contributed by atoms with Crippen LogP contribution in [0.25, 0.3) is 11.0 Å². The number of aromatic nitrogens is 3. The summed E-state index contributed by atoms with van der Waals surface area (Å²) in [4.78, 5) is 8.06. The number of ether oxygens (including phenoxy) is 1. The number of nitrogens with zero attached hydrogens (tertiary/aromatic N) is 3. The first kappa shape index (κ1) is 14.5. The molecule has 0 spiro atoms. The largest absolute Gasteiger partial charge is 0.387 e. The van der Waals surface area contributed by atoms with E-state index >= 15 is 0 Å². The van der Waals surface area contributed by atoms with Crippen LogP contribution in [0.1, 0.15) is 6.23 Å². The molecule has 2 N–H and O–H groups in total. The molecule has 0 unspecified atom stereocenters. The highest BCUT2D eigenvalue weighted by Gasteiger charge is 2.43. The van der Waals surface area contributed by atoms with E-state index in [1.165, 1.54) is 6.33 Å². The van der Waals surface area contributed by atoms with Crippen molar-refractivity contribution in [3.8, 4) is 0 Å². The average Bonchev–Trinajstić information content (AvgIpc) is 2.90. The number of fused-ring (bicyclic) bond motifs is 1. The van der Waals surface area contributed by atoms with Gasteiger partial charge in [0.15, 0.2) is 6.23 Å². The normalized spacial score (nSPS) is 30.2. The third kappa shape index (κ3) is 2.13. The van der Waals surface area contributed by atoms with E-state index in [0.29, 0.717) is 20.7 Å². The van der Waals surface area contributed by atoms with Crippen LogP contribution >= 0.6 is 39.1 Å². The summed E-state index contributed by atoms with van der Waals surface area (Å²) in [6, 6.07) is 0. The molecular weight excluding hydrogens is 373 g/mol. The van der Waals surface area contributed by atoms with E-state index in [1.807, 2.05) is 0 Å². The monoisotopic (exact) mass is 381 g/mol. The topological polar surface area (TPSA) is 80.4 Å². The Morgan fingerprint density at radius 3 is 2.75 bits per heavy atom. The summed E-state index contributed by atoms with van der Waals surface area (Å²) in [6.07, 6.45) is -0.563. The molecule has 20 heavy (non-hydrogen) atoms. The molecule has 0 bridgehead atoms. The van der Waals surface area contributed by atoms with Crippen molar-refractivity contribution in [2.75, 3.05) is 5.88 Å². The summed E-state index contributed by atoms with van der Waals surface area (Å²) in [6.45, 7) is 0. The van der Waals surface area contributed by atoms with Gasteiger partial charge in [0.1, 0.15) is 35.4 Å². The lowest BCUT2D eigenvalue weighted by Crippen LogP contribution is -2.32. The van der Waals surface area contributed by atoms with Gasteiger partial charge in [-0.2, -0.15) is 0 Å². The van der Waals surface area contributed by atoms with Crippen LogP contribution in [0.2, 0.25) is 5.15 Å². The first-order valence-electron chi connectivity index (χ1n) is 5.78. The van der Waals surface area contributed by atoms with E-state index in [0.717, 1.165) is 0 Å². The van der Waals surface area contributed by atoms with Crippen molar-refractivity contribution in [2.45, 2.75) is 24.5 Å². The fourth-order valence-electron chi connectivity index (χ4n) is 2.28. The van der Waals surface area contributed by atoms with Gasteiger partial charge in [-0.1, -0.05) is 11.6 Å². The van der Waals surface area contributed by atoms with Crippen molar-refractivity contribution in [3.63, 3.8) is 0 Å². The smallest absolute Gasteiger partial charge is 0.164 e. The molecule has 1 saturated heterocycles. The van der Waals surface area contributed by atoms with E-state index in [4.69, 9.17) is 27.9 Å². The molecule has 9 heteroatoms. The lowest BCUT2D eigenvalue weighted by molar-refractivity contribution is -0.0289. The predicted octanol–water partition coefficient (Wildman–Crippen LogP) is 1.71. The van der Waals surface area contributed by atoms with E-state index in [-0.39, 0.29) is 5.88 Å². The van der Waals surface area contributed by atoms with Crippen molar-refractivity contribution in [3.05, 3.63) is 22.1 Å². The van der Waals surface area contributed by atoms with Gasteiger partial charge in [-0.3, -0.25) is 0 Å². The maximum Gasteiger partial charge on any atom is 0.164 e. The van der Waals surface area contributed by atoms with Crippen molar-refractivity contribution < 1.29 is 14.9 Å². The first-order valence-corrected chi connectivity index (χ1v) is 7.49. The maximum absolute atomic E-state index is 10.1. The van der Waals surface area contributed by atoms with Crippen LogP contribution in [0, 0.1) is 0 Å². The van der Waals surface area contributed by atoms with Gasteiger partial charge in [0.05, 0.1) is 11.3 Å². The van der Waals surface area contributed by atoms with E-state index < -0.39 is 24.5 Å². The third-order valence-corrected chi connectivity index (χ3v) is 4.47. The molecule has 1 aliphatic rings. The minimum absolute atomic E-state index is 0.0881. The molecule has 0 radical (unpaired) electrons. The molecule has 3 heterocycles. The standard InChI is InChI=1S/C11H10BrCl2N3O3/c12-4-2-17(10-6(4)9(14)15-3-16-10)11-8(19)7(18)5(1-13)20-11/h2-3,5,7-8,11,18-19H,1H2/t5-,7+,8+,11-/m1/s1. The summed E-state index contributed by atoms with van der Waals surface area (Å²) in [5.41, 5.74) is 0.503. The lowest BCUT2D eigenvalue weighted by Gasteiger charge is -2.17.